The largest absolute Gasteiger partial charge is 0.459 e. The molecule has 0 saturated heterocycles. The number of hydrogen-bond donors (Lipinski definition) is 0. The second kappa shape index (κ2) is 10.1. The highest BCUT2D eigenvalue weighted by Crippen LogP contribution is 2.30. The molecule has 4 rings (SSSR count). The Balaban J connectivity index is 1.42. The van der Waals surface area contributed by atoms with Gasteiger partial charge in [-0.15, -0.1) is 22.7 Å². The predicted molar refractivity (Wildman–Crippen MR) is 132 cm³/mol. The van der Waals surface area contributed by atoms with Crippen LogP contribution in [0.15, 0.2) is 60.0 Å². The lowest BCUT2D eigenvalue weighted by Crippen LogP contribution is -2.22. The van der Waals surface area contributed by atoms with Gasteiger partial charge in [0.15, 0.2) is 5.13 Å². The SMILES string of the molecule is CC(=O)N(c1ccccc1)c1nc(COC(=O)Cc2sc(C)nc2-c2ccc(C)cc2)cs1. The van der Waals surface area contributed by atoms with Gasteiger partial charge >= 0.3 is 5.97 Å². The summed E-state index contributed by atoms with van der Waals surface area (Å²) in [6, 6.07) is 17.4. The molecule has 0 aliphatic heterocycles. The highest BCUT2D eigenvalue weighted by atomic mass is 32.1. The number of aromatic nitrogens is 2. The molecule has 0 N–H and O–H groups in total. The van der Waals surface area contributed by atoms with Crippen LogP contribution in [0.25, 0.3) is 11.3 Å². The van der Waals surface area contributed by atoms with E-state index in [1.165, 1.54) is 35.2 Å². The van der Waals surface area contributed by atoms with Crippen LogP contribution in [0.3, 0.4) is 0 Å². The molecule has 2 heterocycles. The second-order valence-corrected chi connectivity index (χ2v) is 9.64. The van der Waals surface area contributed by atoms with E-state index in [0.29, 0.717) is 10.8 Å². The van der Waals surface area contributed by atoms with Crippen molar-refractivity contribution in [1.29, 1.82) is 0 Å². The van der Waals surface area contributed by atoms with Crippen molar-refractivity contribution in [3.8, 4) is 11.3 Å². The van der Waals surface area contributed by atoms with E-state index in [4.69, 9.17) is 4.74 Å². The standard InChI is InChI=1S/C25H23N3O3S2/c1-16-9-11-19(12-10-16)24-22(33-17(2)26-24)13-23(30)31-14-20-15-32-25(27-20)28(18(3)29)21-7-5-4-6-8-21/h4-12,15H,13-14H2,1-3H3. The van der Waals surface area contributed by atoms with Gasteiger partial charge in [-0.1, -0.05) is 48.0 Å². The van der Waals surface area contributed by atoms with Crippen LogP contribution >= 0.6 is 22.7 Å². The van der Waals surface area contributed by atoms with E-state index in [2.05, 4.69) is 9.97 Å². The Kier molecular flexibility index (Phi) is 6.96. The molecule has 0 radical (unpaired) electrons. The normalized spacial score (nSPS) is 10.8. The summed E-state index contributed by atoms with van der Waals surface area (Å²) in [6.07, 6.45) is 0.148. The van der Waals surface area contributed by atoms with Crippen LogP contribution in [0, 0.1) is 13.8 Å². The van der Waals surface area contributed by atoms with E-state index in [1.54, 1.807) is 10.3 Å². The number of ether oxygens (including phenoxy) is 1. The summed E-state index contributed by atoms with van der Waals surface area (Å²) in [5.74, 6) is -0.476. The van der Waals surface area contributed by atoms with E-state index in [0.717, 1.165) is 26.8 Å². The predicted octanol–water partition coefficient (Wildman–Crippen LogP) is 5.85. The maximum Gasteiger partial charge on any atom is 0.311 e. The van der Waals surface area contributed by atoms with Crippen LogP contribution < -0.4 is 4.90 Å². The summed E-state index contributed by atoms with van der Waals surface area (Å²) < 4.78 is 5.49. The molecule has 4 aromatic rings. The van der Waals surface area contributed by atoms with E-state index in [9.17, 15) is 9.59 Å². The lowest BCUT2D eigenvalue weighted by molar-refractivity contribution is -0.144. The molecule has 0 spiro atoms. The van der Waals surface area contributed by atoms with Crippen molar-refractivity contribution in [2.45, 2.75) is 33.8 Å². The number of para-hydroxylation sites is 1. The Morgan fingerprint density at radius 3 is 2.42 bits per heavy atom. The number of benzene rings is 2. The maximum absolute atomic E-state index is 12.6. The van der Waals surface area contributed by atoms with Gasteiger partial charge in [-0.2, -0.15) is 0 Å². The van der Waals surface area contributed by atoms with Crippen LogP contribution in [0.2, 0.25) is 0 Å². The molecule has 168 valence electrons. The molecule has 2 aromatic carbocycles. The van der Waals surface area contributed by atoms with Crippen LogP contribution in [-0.2, 0) is 27.4 Å². The van der Waals surface area contributed by atoms with Crippen molar-refractivity contribution in [3.05, 3.63) is 81.1 Å². The van der Waals surface area contributed by atoms with Gasteiger partial charge in [0.1, 0.15) is 6.61 Å². The average molecular weight is 478 g/mol. The summed E-state index contributed by atoms with van der Waals surface area (Å²) in [5.41, 5.74) is 4.33. The third kappa shape index (κ3) is 5.53. The van der Waals surface area contributed by atoms with Gasteiger partial charge in [0, 0.05) is 22.7 Å². The Labute approximate surface area is 200 Å². The van der Waals surface area contributed by atoms with Gasteiger partial charge in [0.2, 0.25) is 5.91 Å². The summed E-state index contributed by atoms with van der Waals surface area (Å²) in [7, 11) is 0. The van der Waals surface area contributed by atoms with Gasteiger partial charge in [-0.25, -0.2) is 9.97 Å². The zero-order chi connectivity index (χ0) is 23.4. The van der Waals surface area contributed by atoms with Crippen molar-refractivity contribution in [3.63, 3.8) is 0 Å². The fraction of sp³-hybridized carbons (Fsp3) is 0.200. The molecular formula is C25H23N3O3S2. The molecule has 6 nitrogen and oxygen atoms in total. The van der Waals surface area contributed by atoms with Gasteiger partial charge in [-0.05, 0) is 26.0 Å². The number of rotatable bonds is 7. The minimum Gasteiger partial charge on any atom is -0.459 e. The summed E-state index contributed by atoms with van der Waals surface area (Å²) in [5, 5.41) is 3.25. The fourth-order valence-electron chi connectivity index (χ4n) is 3.33. The van der Waals surface area contributed by atoms with Gasteiger partial charge < -0.3 is 4.74 Å². The first-order valence-corrected chi connectivity index (χ1v) is 12.1. The lowest BCUT2D eigenvalue weighted by atomic mass is 10.1. The van der Waals surface area contributed by atoms with Gasteiger partial charge in [0.25, 0.3) is 0 Å². The van der Waals surface area contributed by atoms with Crippen molar-refractivity contribution in [2.75, 3.05) is 4.90 Å². The average Bonchev–Trinajstić information content (AvgIpc) is 3.40. The Hall–Kier alpha value is -3.36. The molecule has 0 atom stereocenters. The fourth-order valence-corrected chi connectivity index (χ4v) is 5.15. The summed E-state index contributed by atoms with van der Waals surface area (Å²) in [4.78, 5) is 36.3. The third-order valence-electron chi connectivity index (χ3n) is 4.88. The monoisotopic (exact) mass is 477 g/mol. The number of nitrogens with zero attached hydrogens (tertiary/aromatic N) is 3. The highest BCUT2D eigenvalue weighted by Gasteiger charge is 2.19. The number of carbonyl (C=O) groups is 2. The van der Waals surface area contributed by atoms with Crippen molar-refractivity contribution in [1.82, 2.24) is 9.97 Å². The van der Waals surface area contributed by atoms with Crippen molar-refractivity contribution >= 4 is 45.4 Å². The Morgan fingerprint density at radius 1 is 1.00 bits per heavy atom. The topological polar surface area (TPSA) is 72.4 Å². The molecule has 0 bridgehead atoms. The number of thiazole rings is 2. The quantitative estimate of drug-likeness (QED) is 0.312. The van der Waals surface area contributed by atoms with Crippen LogP contribution in [0.1, 0.15) is 28.1 Å². The molecule has 2 aromatic heterocycles. The lowest BCUT2D eigenvalue weighted by Gasteiger charge is -2.17. The molecule has 0 aliphatic carbocycles. The van der Waals surface area contributed by atoms with E-state index in [-0.39, 0.29) is 24.9 Å². The summed E-state index contributed by atoms with van der Waals surface area (Å²) in [6.45, 7) is 5.51. The summed E-state index contributed by atoms with van der Waals surface area (Å²) >= 11 is 2.84. The number of carbonyl (C=O) groups excluding carboxylic acids is 2. The number of aryl methyl sites for hydroxylation is 2. The molecular weight excluding hydrogens is 454 g/mol. The first-order valence-electron chi connectivity index (χ1n) is 10.4. The molecule has 0 saturated carbocycles. The van der Waals surface area contributed by atoms with Crippen molar-refractivity contribution in [2.24, 2.45) is 0 Å². The van der Waals surface area contributed by atoms with Gasteiger partial charge in [0.05, 0.1) is 28.5 Å². The maximum atomic E-state index is 12.6. The smallest absolute Gasteiger partial charge is 0.311 e. The van der Waals surface area contributed by atoms with Crippen molar-refractivity contribution < 1.29 is 14.3 Å². The van der Waals surface area contributed by atoms with E-state index < -0.39 is 0 Å². The molecule has 0 unspecified atom stereocenters. The zero-order valence-corrected chi connectivity index (χ0v) is 20.2. The Morgan fingerprint density at radius 2 is 1.73 bits per heavy atom. The number of esters is 1. The number of hydrogen-bond acceptors (Lipinski definition) is 7. The molecule has 33 heavy (non-hydrogen) atoms. The first-order chi connectivity index (χ1) is 15.9. The molecule has 0 fully saturated rings. The highest BCUT2D eigenvalue weighted by molar-refractivity contribution is 7.14. The number of anilines is 2. The van der Waals surface area contributed by atoms with E-state index >= 15 is 0 Å². The van der Waals surface area contributed by atoms with Gasteiger partial charge in [-0.3, -0.25) is 14.5 Å². The van der Waals surface area contributed by atoms with Crippen LogP contribution in [0.5, 0.6) is 0 Å². The molecule has 0 aliphatic rings. The van der Waals surface area contributed by atoms with Crippen LogP contribution in [-0.4, -0.2) is 21.8 Å². The third-order valence-corrected chi connectivity index (χ3v) is 6.72. The molecule has 8 heteroatoms. The van der Waals surface area contributed by atoms with E-state index in [1.807, 2.05) is 68.4 Å². The number of amides is 1. The molecule has 1 amide bonds. The first kappa shape index (κ1) is 22.8. The zero-order valence-electron chi connectivity index (χ0n) is 18.6. The minimum absolute atomic E-state index is 0.0491. The minimum atomic E-state index is -0.340. The Bertz CT molecular complexity index is 1260. The second-order valence-electron chi connectivity index (χ2n) is 7.52. The van der Waals surface area contributed by atoms with Crippen LogP contribution in [0.4, 0.5) is 10.8 Å².